The zero-order chi connectivity index (χ0) is 25.3. The van der Waals surface area contributed by atoms with Gasteiger partial charge in [-0.3, -0.25) is 4.79 Å². The fraction of sp³-hybridized carbons (Fsp3) is 0.107. The highest BCUT2D eigenvalue weighted by Gasteiger charge is 2.14. The third kappa shape index (κ3) is 6.40. The number of benzene rings is 4. The van der Waals surface area contributed by atoms with Crippen LogP contribution in [0.25, 0.3) is 10.8 Å². The number of fused-ring (bicyclic) bond motifs is 1. The predicted molar refractivity (Wildman–Crippen MR) is 139 cm³/mol. The summed E-state index contributed by atoms with van der Waals surface area (Å²) in [5, 5.41) is 6.30. The maximum atomic E-state index is 12.8. The lowest BCUT2D eigenvalue weighted by Crippen LogP contribution is -2.24. The van der Waals surface area contributed by atoms with E-state index in [4.69, 9.17) is 25.8 Å². The Bertz CT molecular complexity index is 1400. The number of hydrogen-bond donors (Lipinski definition) is 1. The van der Waals surface area contributed by atoms with Gasteiger partial charge < -0.3 is 14.2 Å². The first-order valence-electron chi connectivity index (χ1n) is 11.2. The molecular formula is C28H23ClN2O5. The molecule has 8 heteroatoms. The Kier molecular flexibility index (Phi) is 8.16. The Balaban J connectivity index is 1.49. The standard InChI is InChI=1S/C28H23ClN2O5/c1-2-34-22-13-10-20(11-14-22)28(33)36-26-15-12-19-6-3-4-9-24(19)25(26)17-30-31-27(32)18-35-23-8-5-7-21(29)16-23/h3-17H,2,18H2,1H3,(H,31,32)/b30-17+. The van der Waals surface area contributed by atoms with E-state index < -0.39 is 11.9 Å². The minimum atomic E-state index is -0.526. The minimum Gasteiger partial charge on any atom is -0.494 e. The highest BCUT2D eigenvalue weighted by molar-refractivity contribution is 6.30. The lowest BCUT2D eigenvalue weighted by Gasteiger charge is -2.11. The number of amides is 1. The summed E-state index contributed by atoms with van der Waals surface area (Å²) >= 11 is 5.92. The molecule has 0 bridgehead atoms. The van der Waals surface area contributed by atoms with Crippen LogP contribution in [0.5, 0.6) is 17.2 Å². The zero-order valence-electron chi connectivity index (χ0n) is 19.4. The Morgan fingerprint density at radius 3 is 2.50 bits per heavy atom. The normalized spacial score (nSPS) is 10.8. The lowest BCUT2D eigenvalue weighted by molar-refractivity contribution is -0.123. The molecule has 0 atom stereocenters. The molecule has 4 aromatic carbocycles. The average Bonchev–Trinajstić information content (AvgIpc) is 2.89. The zero-order valence-corrected chi connectivity index (χ0v) is 20.2. The molecule has 4 aromatic rings. The van der Waals surface area contributed by atoms with Crippen molar-refractivity contribution >= 4 is 40.5 Å². The molecule has 0 spiro atoms. The summed E-state index contributed by atoms with van der Waals surface area (Å²) in [6, 6.07) is 24.6. The molecule has 0 heterocycles. The van der Waals surface area contributed by atoms with Crippen LogP contribution in [-0.4, -0.2) is 31.3 Å². The van der Waals surface area contributed by atoms with Crippen LogP contribution >= 0.6 is 11.6 Å². The van der Waals surface area contributed by atoms with E-state index >= 15 is 0 Å². The topological polar surface area (TPSA) is 86.2 Å². The molecule has 0 radical (unpaired) electrons. The molecule has 1 amide bonds. The van der Waals surface area contributed by atoms with Gasteiger partial charge in [-0.1, -0.05) is 48.0 Å². The number of nitrogens with zero attached hydrogens (tertiary/aromatic N) is 1. The second-order valence-electron chi connectivity index (χ2n) is 7.58. The van der Waals surface area contributed by atoms with Gasteiger partial charge in [-0.05, 0) is 66.2 Å². The molecule has 36 heavy (non-hydrogen) atoms. The van der Waals surface area contributed by atoms with Crippen LogP contribution in [0.15, 0.2) is 90.0 Å². The molecule has 7 nitrogen and oxygen atoms in total. The van der Waals surface area contributed by atoms with Crippen LogP contribution in [0, 0.1) is 0 Å². The highest BCUT2D eigenvalue weighted by atomic mass is 35.5. The van der Waals surface area contributed by atoms with Gasteiger partial charge in [0, 0.05) is 10.6 Å². The molecule has 0 saturated heterocycles. The number of ether oxygens (including phenoxy) is 3. The van der Waals surface area contributed by atoms with Gasteiger partial charge in [-0.15, -0.1) is 0 Å². The van der Waals surface area contributed by atoms with Crippen molar-refractivity contribution in [1.82, 2.24) is 5.43 Å². The summed E-state index contributed by atoms with van der Waals surface area (Å²) in [5.41, 5.74) is 3.35. The highest BCUT2D eigenvalue weighted by Crippen LogP contribution is 2.27. The molecule has 0 aromatic heterocycles. The summed E-state index contributed by atoms with van der Waals surface area (Å²) in [7, 11) is 0. The van der Waals surface area contributed by atoms with Gasteiger partial charge in [0.2, 0.25) is 0 Å². The molecular weight excluding hydrogens is 480 g/mol. The molecule has 0 aliphatic heterocycles. The Morgan fingerprint density at radius 1 is 0.917 bits per heavy atom. The summed E-state index contributed by atoms with van der Waals surface area (Å²) in [5.74, 6) is 0.462. The van der Waals surface area contributed by atoms with Gasteiger partial charge in [0.1, 0.15) is 17.2 Å². The van der Waals surface area contributed by atoms with Crippen molar-refractivity contribution in [1.29, 1.82) is 0 Å². The number of esters is 1. The largest absolute Gasteiger partial charge is 0.494 e. The van der Waals surface area contributed by atoms with Crippen molar-refractivity contribution in [2.24, 2.45) is 5.10 Å². The van der Waals surface area contributed by atoms with E-state index in [2.05, 4.69) is 10.5 Å². The molecule has 0 aliphatic rings. The number of carbonyl (C=O) groups is 2. The van der Waals surface area contributed by atoms with Gasteiger partial charge in [0.15, 0.2) is 6.61 Å². The van der Waals surface area contributed by atoms with Crippen LogP contribution in [0.4, 0.5) is 0 Å². The van der Waals surface area contributed by atoms with E-state index in [1.165, 1.54) is 6.21 Å². The van der Waals surface area contributed by atoms with Crippen molar-refractivity contribution < 1.29 is 23.8 Å². The van der Waals surface area contributed by atoms with Crippen LogP contribution in [0.2, 0.25) is 5.02 Å². The van der Waals surface area contributed by atoms with Gasteiger partial charge >= 0.3 is 5.97 Å². The van der Waals surface area contributed by atoms with Crippen molar-refractivity contribution in [2.45, 2.75) is 6.92 Å². The summed E-state index contributed by atoms with van der Waals surface area (Å²) in [4.78, 5) is 25.0. The summed E-state index contributed by atoms with van der Waals surface area (Å²) < 4.78 is 16.5. The van der Waals surface area contributed by atoms with Crippen molar-refractivity contribution in [3.8, 4) is 17.2 Å². The molecule has 0 aliphatic carbocycles. The van der Waals surface area contributed by atoms with Crippen LogP contribution in [0.3, 0.4) is 0 Å². The first-order valence-corrected chi connectivity index (χ1v) is 11.6. The number of hydrogen-bond acceptors (Lipinski definition) is 6. The van der Waals surface area contributed by atoms with Crippen LogP contribution in [-0.2, 0) is 4.79 Å². The van der Waals surface area contributed by atoms with E-state index in [1.807, 2.05) is 37.3 Å². The van der Waals surface area contributed by atoms with Crippen LogP contribution < -0.4 is 19.6 Å². The van der Waals surface area contributed by atoms with Gasteiger partial charge in [-0.25, -0.2) is 10.2 Å². The SMILES string of the molecule is CCOc1ccc(C(=O)Oc2ccc3ccccc3c2/C=N/NC(=O)COc2cccc(Cl)c2)cc1. The smallest absolute Gasteiger partial charge is 0.343 e. The molecule has 182 valence electrons. The van der Waals surface area contributed by atoms with E-state index in [0.29, 0.717) is 40.0 Å². The van der Waals surface area contributed by atoms with Crippen molar-refractivity contribution in [3.63, 3.8) is 0 Å². The second kappa shape index (κ2) is 11.9. The number of halogens is 1. The Labute approximate surface area is 213 Å². The maximum absolute atomic E-state index is 12.8. The third-order valence-electron chi connectivity index (χ3n) is 5.08. The Morgan fingerprint density at radius 2 is 1.72 bits per heavy atom. The van der Waals surface area contributed by atoms with E-state index in [0.717, 1.165) is 10.8 Å². The molecule has 0 unspecified atom stereocenters. The van der Waals surface area contributed by atoms with E-state index in [1.54, 1.807) is 54.6 Å². The molecule has 1 N–H and O–H groups in total. The van der Waals surface area contributed by atoms with E-state index in [-0.39, 0.29) is 6.61 Å². The molecule has 0 saturated carbocycles. The monoisotopic (exact) mass is 502 g/mol. The average molecular weight is 503 g/mol. The predicted octanol–water partition coefficient (Wildman–Crippen LogP) is 5.64. The summed E-state index contributed by atoms with van der Waals surface area (Å²) in [6.07, 6.45) is 1.44. The van der Waals surface area contributed by atoms with Crippen molar-refractivity contribution in [3.05, 3.63) is 101 Å². The number of nitrogens with one attached hydrogen (secondary N) is 1. The maximum Gasteiger partial charge on any atom is 0.343 e. The third-order valence-corrected chi connectivity index (χ3v) is 5.32. The van der Waals surface area contributed by atoms with E-state index in [9.17, 15) is 9.59 Å². The first-order chi connectivity index (χ1) is 17.5. The number of carbonyl (C=O) groups excluding carboxylic acids is 2. The quantitative estimate of drug-likeness (QED) is 0.138. The fourth-order valence-electron chi connectivity index (χ4n) is 3.42. The second-order valence-corrected chi connectivity index (χ2v) is 8.02. The Hall–Kier alpha value is -4.36. The summed E-state index contributed by atoms with van der Waals surface area (Å²) in [6.45, 7) is 2.18. The lowest BCUT2D eigenvalue weighted by atomic mass is 10.0. The van der Waals surface area contributed by atoms with Gasteiger partial charge in [-0.2, -0.15) is 5.10 Å². The van der Waals surface area contributed by atoms with Gasteiger partial charge in [0.25, 0.3) is 5.91 Å². The minimum absolute atomic E-state index is 0.243. The number of hydrazone groups is 1. The molecule has 0 fully saturated rings. The number of rotatable bonds is 9. The van der Waals surface area contributed by atoms with Gasteiger partial charge in [0.05, 0.1) is 18.4 Å². The van der Waals surface area contributed by atoms with Crippen molar-refractivity contribution in [2.75, 3.05) is 13.2 Å². The van der Waals surface area contributed by atoms with Crippen LogP contribution in [0.1, 0.15) is 22.8 Å². The molecule has 4 rings (SSSR count). The first kappa shape index (κ1) is 24.8. The fourth-order valence-corrected chi connectivity index (χ4v) is 3.60.